The summed E-state index contributed by atoms with van der Waals surface area (Å²) in [5.41, 5.74) is 3.44. The third-order valence-electron chi connectivity index (χ3n) is 10.4. The van der Waals surface area contributed by atoms with Crippen molar-refractivity contribution >= 4 is 0 Å². The lowest BCUT2D eigenvalue weighted by Crippen LogP contribution is -2.58. The van der Waals surface area contributed by atoms with Gasteiger partial charge in [0.1, 0.15) is 6.10 Å². The molecule has 0 amide bonds. The molecule has 2 bridgehead atoms. The normalized spacial score (nSPS) is 47.5. The Bertz CT molecular complexity index is 763. The molecule has 0 aromatic carbocycles. The van der Waals surface area contributed by atoms with E-state index < -0.39 is 0 Å². The van der Waals surface area contributed by atoms with Gasteiger partial charge in [-0.15, -0.1) is 0 Å². The molecule has 6 aliphatic rings. The van der Waals surface area contributed by atoms with Gasteiger partial charge in [0, 0.05) is 5.41 Å². The number of ether oxygens (including phenoxy) is 1. The van der Waals surface area contributed by atoms with Crippen LogP contribution in [0.2, 0.25) is 0 Å². The summed E-state index contributed by atoms with van der Waals surface area (Å²) >= 11 is 0. The van der Waals surface area contributed by atoms with E-state index in [0.29, 0.717) is 23.2 Å². The van der Waals surface area contributed by atoms with Crippen molar-refractivity contribution in [3.05, 3.63) is 36.0 Å². The van der Waals surface area contributed by atoms with Gasteiger partial charge in [-0.1, -0.05) is 52.0 Å². The third kappa shape index (κ3) is 2.96. The van der Waals surface area contributed by atoms with Crippen molar-refractivity contribution in [2.45, 2.75) is 84.8 Å². The van der Waals surface area contributed by atoms with E-state index in [2.05, 4.69) is 52.5 Å². The van der Waals surface area contributed by atoms with Crippen molar-refractivity contribution in [2.24, 2.45) is 46.3 Å². The molecule has 1 saturated heterocycles. The first kappa shape index (κ1) is 21.0. The number of hydrogen-bond donors (Lipinski definition) is 1. The lowest BCUT2D eigenvalue weighted by Gasteiger charge is -2.60. The van der Waals surface area contributed by atoms with Crippen LogP contribution in [-0.4, -0.2) is 23.9 Å². The number of rotatable bonds is 5. The standard InChI is InChI=1S/C28H42O2/c1-17(2)18(3)6-7-19(4)22-10-11-23-21-9-8-20-14-26-25(29)15-28(20,16-30-26)24(21)12-13-27(22,23)5/h8-9,14,17,19,21-26,29H,3,6-7,10-13,15-16H2,1-2,4-5H3/t19-,21+,22-,23+,24+,25+,26-,27-,28-/m1/s1. The summed E-state index contributed by atoms with van der Waals surface area (Å²) in [6.07, 6.45) is 15.7. The minimum atomic E-state index is -0.312. The topological polar surface area (TPSA) is 29.5 Å². The third-order valence-corrected chi connectivity index (χ3v) is 10.4. The SMILES string of the molecule is C=C(CC[C@@H](C)[C@H]1CC[C@H]2[C@@H]3C=CC4=C[C@H]5OC[C@@]4(C[C@@H]5O)[C@H]3CC[C@]12C)C(C)C. The first-order chi connectivity index (χ1) is 14.3. The fourth-order valence-electron chi connectivity index (χ4n) is 8.50. The van der Waals surface area contributed by atoms with Crippen molar-refractivity contribution < 1.29 is 9.84 Å². The Morgan fingerprint density at radius 1 is 1.23 bits per heavy atom. The van der Waals surface area contributed by atoms with Gasteiger partial charge in [-0.3, -0.25) is 0 Å². The van der Waals surface area contributed by atoms with Crippen LogP contribution in [-0.2, 0) is 4.74 Å². The molecule has 2 saturated carbocycles. The molecule has 0 aromatic heterocycles. The van der Waals surface area contributed by atoms with Crippen LogP contribution in [0.1, 0.15) is 72.6 Å². The zero-order valence-corrected chi connectivity index (χ0v) is 19.6. The van der Waals surface area contributed by atoms with E-state index >= 15 is 0 Å². The molecular formula is C28H42O2. The summed E-state index contributed by atoms with van der Waals surface area (Å²) < 4.78 is 6.10. The molecule has 2 heterocycles. The molecule has 3 fully saturated rings. The largest absolute Gasteiger partial charge is 0.390 e. The highest BCUT2D eigenvalue weighted by molar-refractivity contribution is 5.39. The van der Waals surface area contributed by atoms with Crippen molar-refractivity contribution in [1.29, 1.82) is 0 Å². The number of hydrogen-bond acceptors (Lipinski definition) is 2. The van der Waals surface area contributed by atoms with Crippen LogP contribution in [0.15, 0.2) is 36.0 Å². The molecule has 2 heteroatoms. The second-order valence-electron chi connectivity index (χ2n) is 12.0. The van der Waals surface area contributed by atoms with Crippen LogP contribution in [0.4, 0.5) is 0 Å². The summed E-state index contributed by atoms with van der Waals surface area (Å²) in [5, 5.41) is 10.6. The van der Waals surface area contributed by atoms with Gasteiger partial charge in [0.2, 0.25) is 0 Å². The Morgan fingerprint density at radius 2 is 2.03 bits per heavy atom. The number of aliphatic hydroxyl groups is 1. The minimum absolute atomic E-state index is 0.0748. The Hall–Kier alpha value is -0.860. The molecule has 0 radical (unpaired) electrons. The Labute approximate surface area is 183 Å². The lowest BCUT2D eigenvalue weighted by atomic mass is 9.47. The number of allylic oxidation sites excluding steroid dienone is 3. The van der Waals surface area contributed by atoms with Crippen LogP contribution in [0, 0.1) is 46.3 Å². The maximum Gasteiger partial charge on any atom is 0.102 e. The molecule has 1 N–H and O–H groups in total. The maximum atomic E-state index is 10.6. The molecule has 2 nitrogen and oxygen atoms in total. The molecule has 0 unspecified atom stereocenters. The van der Waals surface area contributed by atoms with Crippen LogP contribution >= 0.6 is 0 Å². The van der Waals surface area contributed by atoms with Crippen LogP contribution in [0.3, 0.4) is 0 Å². The number of aliphatic hydroxyl groups excluding tert-OH is 1. The summed E-state index contributed by atoms with van der Waals surface area (Å²) in [6, 6.07) is 0. The Balaban J connectivity index is 1.36. The predicted octanol–water partition coefficient (Wildman–Crippen LogP) is 6.32. The highest BCUT2D eigenvalue weighted by atomic mass is 16.5. The van der Waals surface area contributed by atoms with Crippen LogP contribution in [0.5, 0.6) is 0 Å². The number of fused-ring (bicyclic) bond motifs is 5. The van der Waals surface area contributed by atoms with Gasteiger partial charge in [0.25, 0.3) is 0 Å². The van der Waals surface area contributed by atoms with E-state index in [1.807, 2.05) is 0 Å². The van der Waals surface area contributed by atoms with Gasteiger partial charge in [-0.2, -0.15) is 0 Å². The average molecular weight is 411 g/mol. The van der Waals surface area contributed by atoms with Crippen LogP contribution in [0.25, 0.3) is 0 Å². The average Bonchev–Trinajstić information content (AvgIpc) is 3.08. The summed E-state index contributed by atoms with van der Waals surface area (Å²) in [5.74, 6) is 4.34. The summed E-state index contributed by atoms with van der Waals surface area (Å²) in [7, 11) is 0. The molecule has 4 aliphatic carbocycles. The molecule has 9 atom stereocenters. The van der Waals surface area contributed by atoms with E-state index in [0.717, 1.165) is 30.8 Å². The highest BCUT2D eigenvalue weighted by Crippen LogP contribution is 2.67. The van der Waals surface area contributed by atoms with Gasteiger partial charge in [-0.05, 0) is 97.5 Å². The quantitative estimate of drug-likeness (QED) is 0.537. The molecular weight excluding hydrogens is 368 g/mol. The van der Waals surface area contributed by atoms with E-state index in [9.17, 15) is 5.11 Å². The van der Waals surface area contributed by atoms with Crippen molar-refractivity contribution in [1.82, 2.24) is 0 Å². The van der Waals surface area contributed by atoms with E-state index in [1.165, 1.54) is 49.7 Å². The zero-order chi connectivity index (χ0) is 21.3. The monoisotopic (exact) mass is 410 g/mol. The summed E-state index contributed by atoms with van der Waals surface area (Å²) in [4.78, 5) is 0. The second-order valence-corrected chi connectivity index (χ2v) is 12.0. The van der Waals surface area contributed by atoms with Gasteiger partial charge >= 0.3 is 0 Å². The predicted molar refractivity (Wildman–Crippen MR) is 123 cm³/mol. The van der Waals surface area contributed by atoms with Gasteiger partial charge in [0.05, 0.1) is 12.7 Å². The minimum Gasteiger partial charge on any atom is -0.390 e. The van der Waals surface area contributed by atoms with Crippen molar-refractivity contribution in [3.8, 4) is 0 Å². The van der Waals surface area contributed by atoms with E-state index in [4.69, 9.17) is 4.74 Å². The van der Waals surface area contributed by atoms with Crippen molar-refractivity contribution in [3.63, 3.8) is 0 Å². The molecule has 30 heavy (non-hydrogen) atoms. The summed E-state index contributed by atoms with van der Waals surface area (Å²) in [6.45, 7) is 14.8. The molecule has 0 aromatic rings. The second kappa shape index (κ2) is 7.34. The molecule has 6 rings (SSSR count). The van der Waals surface area contributed by atoms with Crippen molar-refractivity contribution in [2.75, 3.05) is 6.61 Å². The smallest absolute Gasteiger partial charge is 0.102 e. The van der Waals surface area contributed by atoms with Gasteiger partial charge in [0.15, 0.2) is 0 Å². The Kier molecular flexibility index (Phi) is 5.14. The van der Waals surface area contributed by atoms with E-state index in [1.54, 1.807) is 0 Å². The Morgan fingerprint density at radius 3 is 2.77 bits per heavy atom. The fraction of sp³-hybridized carbons (Fsp3) is 0.786. The lowest BCUT2D eigenvalue weighted by molar-refractivity contribution is -0.155. The first-order valence-corrected chi connectivity index (χ1v) is 12.6. The van der Waals surface area contributed by atoms with Gasteiger partial charge in [-0.25, -0.2) is 0 Å². The van der Waals surface area contributed by atoms with E-state index in [-0.39, 0.29) is 17.6 Å². The molecule has 166 valence electrons. The maximum absolute atomic E-state index is 10.6. The first-order valence-electron chi connectivity index (χ1n) is 12.6. The highest BCUT2D eigenvalue weighted by Gasteiger charge is 2.61. The molecule has 1 spiro atoms. The van der Waals surface area contributed by atoms with Gasteiger partial charge < -0.3 is 9.84 Å². The van der Waals surface area contributed by atoms with Crippen LogP contribution < -0.4 is 0 Å². The molecule has 2 aliphatic heterocycles. The fourth-order valence-corrected chi connectivity index (χ4v) is 8.50. The zero-order valence-electron chi connectivity index (χ0n) is 19.6.